The van der Waals surface area contributed by atoms with Gasteiger partial charge in [-0.15, -0.1) is 6.58 Å². The molecule has 1 fully saturated rings. The fraction of sp³-hybridized carbons (Fsp3) is 0.778. The fourth-order valence-corrected chi connectivity index (χ4v) is 2.85. The Labute approximate surface area is 86.2 Å². The molecule has 0 aromatic rings. The fourth-order valence-electron chi connectivity index (χ4n) is 1.33. The van der Waals surface area contributed by atoms with Gasteiger partial charge in [0.05, 0.1) is 5.75 Å². The first-order valence-electron chi connectivity index (χ1n) is 4.72. The number of rotatable bonds is 5. The summed E-state index contributed by atoms with van der Waals surface area (Å²) in [6.45, 7) is 4.78. The largest absolute Gasteiger partial charge is 0.304 e. The average molecular weight is 218 g/mol. The minimum absolute atomic E-state index is 0.191. The molecule has 1 saturated heterocycles. The maximum Gasteiger partial charge on any atom is 0.214 e. The van der Waals surface area contributed by atoms with E-state index >= 15 is 0 Å². The molecule has 0 unspecified atom stereocenters. The number of nitrogens with zero attached hydrogens (tertiary/aromatic N) is 2. The van der Waals surface area contributed by atoms with E-state index in [9.17, 15) is 8.42 Å². The van der Waals surface area contributed by atoms with Crippen molar-refractivity contribution in [3.05, 3.63) is 12.7 Å². The van der Waals surface area contributed by atoms with E-state index in [1.807, 2.05) is 14.1 Å². The second kappa shape index (κ2) is 4.42. The van der Waals surface area contributed by atoms with Crippen LogP contribution in [0.2, 0.25) is 0 Å². The zero-order valence-electron chi connectivity index (χ0n) is 8.81. The normalized spacial score (nSPS) is 19.6. The lowest BCUT2D eigenvalue weighted by atomic mass is 10.2. The second-order valence-corrected chi connectivity index (χ2v) is 5.92. The Bertz CT molecular complexity index is 292. The van der Waals surface area contributed by atoms with Gasteiger partial charge in [0.1, 0.15) is 0 Å². The van der Waals surface area contributed by atoms with Crippen LogP contribution in [0, 0.1) is 0 Å². The highest BCUT2D eigenvalue weighted by Gasteiger charge is 2.35. The Morgan fingerprint density at radius 3 is 2.50 bits per heavy atom. The van der Waals surface area contributed by atoms with Crippen molar-refractivity contribution >= 4 is 10.0 Å². The van der Waals surface area contributed by atoms with Crippen molar-refractivity contribution in [3.8, 4) is 0 Å². The number of sulfonamides is 1. The molecule has 0 radical (unpaired) electrons. The van der Waals surface area contributed by atoms with E-state index in [1.165, 1.54) is 0 Å². The Morgan fingerprint density at radius 1 is 1.50 bits per heavy atom. The molecule has 0 spiro atoms. The van der Waals surface area contributed by atoms with E-state index in [1.54, 1.807) is 10.4 Å². The van der Waals surface area contributed by atoms with Gasteiger partial charge in [0.2, 0.25) is 10.0 Å². The molecule has 0 saturated carbocycles. The third-order valence-corrected chi connectivity index (χ3v) is 4.37. The number of likely N-dealkylation sites (N-methyl/N-ethyl adjacent to an activating group) is 1. The van der Waals surface area contributed by atoms with Crippen LogP contribution < -0.4 is 0 Å². The molecule has 0 amide bonds. The van der Waals surface area contributed by atoms with Gasteiger partial charge in [-0.1, -0.05) is 6.08 Å². The Kier molecular flexibility index (Phi) is 3.69. The highest BCUT2D eigenvalue weighted by atomic mass is 32.2. The van der Waals surface area contributed by atoms with Crippen LogP contribution in [0.25, 0.3) is 0 Å². The van der Waals surface area contributed by atoms with Gasteiger partial charge in [-0.25, -0.2) is 8.42 Å². The molecule has 14 heavy (non-hydrogen) atoms. The monoisotopic (exact) mass is 218 g/mol. The molecule has 0 atom stereocenters. The molecule has 82 valence electrons. The second-order valence-electron chi connectivity index (χ2n) is 3.83. The molecule has 0 N–H and O–H groups in total. The zero-order valence-corrected chi connectivity index (χ0v) is 9.63. The van der Waals surface area contributed by atoms with Gasteiger partial charge in [0.25, 0.3) is 0 Å². The SMILES string of the molecule is C=CCCS(=O)(=O)N1CC(N(C)C)C1. The van der Waals surface area contributed by atoms with Gasteiger partial charge < -0.3 is 4.90 Å². The van der Waals surface area contributed by atoms with Gasteiger partial charge >= 0.3 is 0 Å². The van der Waals surface area contributed by atoms with Crippen molar-refractivity contribution in [2.45, 2.75) is 12.5 Å². The van der Waals surface area contributed by atoms with Gasteiger partial charge in [-0.2, -0.15) is 4.31 Å². The molecule has 4 nitrogen and oxygen atoms in total. The molecule has 5 heteroatoms. The molecule has 1 heterocycles. The number of allylic oxidation sites excluding steroid dienone is 1. The molecule has 1 aliphatic rings. The molecular weight excluding hydrogens is 200 g/mol. The number of hydrogen-bond donors (Lipinski definition) is 0. The van der Waals surface area contributed by atoms with Crippen LogP contribution in [0.3, 0.4) is 0 Å². The van der Waals surface area contributed by atoms with Crippen LogP contribution in [-0.2, 0) is 10.0 Å². The first kappa shape index (κ1) is 11.7. The molecule has 0 aromatic carbocycles. The van der Waals surface area contributed by atoms with E-state index in [4.69, 9.17) is 0 Å². The summed E-state index contributed by atoms with van der Waals surface area (Å²) in [6, 6.07) is 0.383. The summed E-state index contributed by atoms with van der Waals surface area (Å²) in [4.78, 5) is 2.06. The van der Waals surface area contributed by atoms with Gasteiger partial charge in [-0.05, 0) is 20.5 Å². The molecule has 0 aromatic heterocycles. The topological polar surface area (TPSA) is 40.6 Å². The Hall–Kier alpha value is -0.390. The van der Waals surface area contributed by atoms with Crippen LogP contribution in [0.1, 0.15) is 6.42 Å². The predicted molar refractivity (Wildman–Crippen MR) is 57.6 cm³/mol. The molecule has 0 aliphatic carbocycles. The summed E-state index contributed by atoms with van der Waals surface area (Å²) in [7, 11) is 0.924. The van der Waals surface area contributed by atoms with Crippen molar-refractivity contribution in [2.75, 3.05) is 32.9 Å². The van der Waals surface area contributed by atoms with E-state index in [0.717, 1.165) is 0 Å². The maximum atomic E-state index is 11.6. The minimum atomic E-state index is -3.02. The van der Waals surface area contributed by atoms with Gasteiger partial charge in [0.15, 0.2) is 0 Å². The number of hydrogen-bond acceptors (Lipinski definition) is 3. The third kappa shape index (κ3) is 2.56. The van der Waals surface area contributed by atoms with Crippen molar-refractivity contribution in [1.82, 2.24) is 9.21 Å². The van der Waals surface area contributed by atoms with E-state index in [-0.39, 0.29) is 5.75 Å². The van der Waals surface area contributed by atoms with Crippen LogP contribution in [0.5, 0.6) is 0 Å². The van der Waals surface area contributed by atoms with Crippen LogP contribution in [0.4, 0.5) is 0 Å². The predicted octanol–water partition coefficient (Wildman–Crippen LogP) is 0.138. The molecule has 1 rings (SSSR count). The Balaban J connectivity index is 2.42. The highest BCUT2D eigenvalue weighted by molar-refractivity contribution is 7.89. The van der Waals surface area contributed by atoms with E-state index < -0.39 is 10.0 Å². The molecule has 1 aliphatic heterocycles. The lowest BCUT2D eigenvalue weighted by Gasteiger charge is -2.41. The summed E-state index contributed by atoms with van der Waals surface area (Å²) >= 11 is 0. The molecule has 0 bridgehead atoms. The van der Waals surface area contributed by atoms with Crippen molar-refractivity contribution < 1.29 is 8.42 Å². The van der Waals surface area contributed by atoms with Crippen LogP contribution in [0.15, 0.2) is 12.7 Å². The average Bonchev–Trinajstić information content (AvgIpc) is 1.96. The first-order valence-corrected chi connectivity index (χ1v) is 6.33. The van der Waals surface area contributed by atoms with Gasteiger partial charge in [0, 0.05) is 19.1 Å². The standard InChI is InChI=1S/C9H18N2O2S/c1-4-5-6-14(12,13)11-7-9(8-11)10(2)3/h4,9H,1,5-8H2,2-3H3. The van der Waals surface area contributed by atoms with Crippen molar-refractivity contribution in [2.24, 2.45) is 0 Å². The summed E-state index contributed by atoms with van der Waals surface area (Å²) in [5.41, 5.74) is 0. The summed E-state index contributed by atoms with van der Waals surface area (Å²) in [6.07, 6.45) is 2.17. The lowest BCUT2D eigenvalue weighted by Crippen LogP contribution is -2.59. The quantitative estimate of drug-likeness (QED) is 0.616. The third-order valence-electron chi connectivity index (χ3n) is 2.53. The lowest BCUT2D eigenvalue weighted by molar-refractivity contribution is 0.134. The van der Waals surface area contributed by atoms with Crippen molar-refractivity contribution in [1.29, 1.82) is 0 Å². The van der Waals surface area contributed by atoms with Crippen LogP contribution in [-0.4, -0.2) is 56.6 Å². The maximum absolute atomic E-state index is 11.6. The first-order chi connectivity index (χ1) is 6.47. The van der Waals surface area contributed by atoms with Crippen molar-refractivity contribution in [3.63, 3.8) is 0 Å². The van der Waals surface area contributed by atoms with Gasteiger partial charge in [-0.3, -0.25) is 0 Å². The minimum Gasteiger partial charge on any atom is -0.304 e. The zero-order chi connectivity index (χ0) is 10.8. The Morgan fingerprint density at radius 2 is 2.07 bits per heavy atom. The van der Waals surface area contributed by atoms with Crippen LogP contribution >= 0.6 is 0 Å². The molecular formula is C9H18N2O2S. The van der Waals surface area contributed by atoms with E-state index in [0.29, 0.717) is 25.6 Å². The highest BCUT2D eigenvalue weighted by Crippen LogP contribution is 2.17. The summed E-state index contributed by atoms with van der Waals surface area (Å²) < 4.78 is 24.7. The summed E-state index contributed by atoms with van der Waals surface area (Å²) in [5.74, 6) is 0.191. The summed E-state index contributed by atoms with van der Waals surface area (Å²) in [5, 5.41) is 0. The van der Waals surface area contributed by atoms with E-state index in [2.05, 4.69) is 11.5 Å². The smallest absolute Gasteiger partial charge is 0.214 e.